The van der Waals surface area contributed by atoms with E-state index in [2.05, 4.69) is 5.32 Å². The van der Waals surface area contributed by atoms with Gasteiger partial charge in [0, 0.05) is 13.6 Å². The summed E-state index contributed by atoms with van der Waals surface area (Å²) in [7, 11) is 1.67. The van der Waals surface area contributed by atoms with Crippen LogP contribution in [0.3, 0.4) is 0 Å². The molecule has 1 saturated carbocycles. The lowest BCUT2D eigenvalue weighted by atomic mass is 9.82. The van der Waals surface area contributed by atoms with E-state index in [1.54, 1.807) is 14.0 Å². The van der Waals surface area contributed by atoms with E-state index in [0.29, 0.717) is 19.1 Å². The molecule has 0 heterocycles. The van der Waals surface area contributed by atoms with Crippen LogP contribution < -0.4 is 5.32 Å². The number of aliphatic hydroxyl groups excluding tert-OH is 1. The van der Waals surface area contributed by atoms with E-state index >= 15 is 0 Å². The zero-order valence-corrected chi connectivity index (χ0v) is 10.3. The van der Waals surface area contributed by atoms with Gasteiger partial charge in [0.2, 0.25) is 0 Å². The van der Waals surface area contributed by atoms with Crippen molar-refractivity contribution in [3.8, 4) is 0 Å². The summed E-state index contributed by atoms with van der Waals surface area (Å²) in [6, 6.07) is -0.292. The molecule has 1 fully saturated rings. The number of esters is 1. The average molecular weight is 244 g/mol. The molecule has 1 aliphatic carbocycles. The summed E-state index contributed by atoms with van der Waals surface area (Å²) >= 11 is 0. The predicted octanol–water partition coefficient (Wildman–Crippen LogP) is -0.0382. The molecule has 0 radical (unpaired) electrons. The lowest BCUT2D eigenvalue weighted by molar-refractivity contribution is -0.141. The van der Waals surface area contributed by atoms with E-state index < -0.39 is 5.97 Å². The Hall–Kier alpha value is -1.30. The van der Waals surface area contributed by atoms with E-state index in [-0.39, 0.29) is 18.7 Å². The highest BCUT2D eigenvalue weighted by Gasteiger charge is 2.29. The molecule has 0 aliphatic heterocycles. The molecule has 1 rings (SSSR count). The van der Waals surface area contributed by atoms with E-state index in [9.17, 15) is 9.59 Å². The van der Waals surface area contributed by atoms with Gasteiger partial charge in [-0.15, -0.1) is 0 Å². The van der Waals surface area contributed by atoms with Gasteiger partial charge >= 0.3 is 12.0 Å². The van der Waals surface area contributed by atoms with Crippen LogP contribution in [0.2, 0.25) is 0 Å². The van der Waals surface area contributed by atoms with E-state index in [0.717, 1.165) is 12.8 Å². The molecule has 0 unspecified atom stereocenters. The van der Waals surface area contributed by atoms with Gasteiger partial charge < -0.3 is 20.1 Å². The smallest absolute Gasteiger partial charge is 0.325 e. The van der Waals surface area contributed by atoms with Crippen LogP contribution in [0.15, 0.2) is 0 Å². The van der Waals surface area contributed by atoms with Crippen molar-refractivity contribution in [2.24, 2.45) is 5.92 Å². The number of hydrogen-bond acceptors (Lipinski definition) is 4. The predicted molar refractivity (Wildman–Crippen MR) is 61.4 cm³/mol. The molecule has 0 aromatic rings. The fourth-order valence-corrected chi connectivity index (χ4v) is 1.81. The second kappa shape index (κ2) is 6.44. The number of rotatable bonds is 5. The normalized spacial score (nSPS) is 22.5. The topological polar surface area (TPSA) is 78.9 Å². The Bertz CT molecular complexity index is 277. The highest BCUT2D eigenvalue weighted by atomic mass is 16.5. The summed E-state index contributed by atoms with van der Waals surface area (Å²) in [6.45, 7) is 2.52. The van der Waals surface area contributed by atoms with Crippen LogP contribution in [0.5, 0.6) is 0 Å². The van der Waals surface area contributed by atoms with Gasteiger partial charge in [0.05, 0.1) is 12.7 Å². The number of carbonyl (C=O) groups is 2. The van der Waals surface area contributed by atoms with E-state index in [4.69, 9.17) is 9.84 Å². The summed E-state index contributed by atoms with van der Waals surface area (Å²) in [5.74, 6) is -0.0725. The standard InChI is InChI=1S/C11H20N2O4/c1-3-17-10(15)6-12-11(16)13(2)7-8-4-9(14)5-8/h8-9,14H,3-7H2,1-2H3,(H,12,16). The van der Waals surface area contributed by atoms with Crippen molar-refractivity contribution < 1.29 is 19.4 Å². The average Bonchev–Trinajstić information content (AvgIpc) is 2.24. The SMILES string of the molecule is CCOC(=O)CNC(=O)N(C)CC1CC(O)C1. The van der Waals surface area contributed by atoms with E-state index in [1.807, 2.05) is 0 Å². The summed E-state index contributed by atoms with van der Waals surface area (Å²) in [5, 5.41) is 11.6. The highest BCUT2D eigenvalue weighted by molar-refractivity contribution is 5.80. The van der Waals surface area contributed by atoms with Gasteiger partial charge in [0.1, 0.15) is 6.54 Å². The van der Waals surface area contributed by atoms with Gasteiger partial charge in [-0.25, -0.2) is 4.79 Å². The molecule has 0 aromatic carbocycles. The first-order chi connectivity index (χ1) is 8.02. The minimum absolute atomic E-state index is 0.107. The minimum Gasteiger partial charge on any atom is -0.465 e. The number of aliphatic hydroxyl groups is 1. The van der Waals surface area contributed by atoms with Crippen molar-refractivity contribution in [3.05, 3.63) is 0 Å². The van der Waals surface area contributed by atoms with Crippen LogP contribution in [-0.2, 0) is 9.53 Å². The molecule has 0 atom stereocenters. The van der Waals surface area contributed by atoms with Crippen molar-refractivity contribution in [2.45, 2.75) is 25.9 Å². The fourth-order valence-electron chi connectivity index (χ4n) is 1.81. The van der Waals surface area contributed by atoms with Gasteiger partial charge in [-0.3, -0.25) is 4.79 Å². The summed E-state index contributed by atoms with van der Waals surface area (Å²) < 4.78 is 4.69. The Labute approximate surface area is 101 Å². The molecule has 1 aliphatic rings. The largest absolute Gasteiger partial charge is 0.465 e. The fraction of sp³-hybridized carbons (Fsp3) is 0.818. The quantitative estimate of drug-likeness (QED) is 0.665. The number of hydrogen-bond donors (Lipinski definition) is 2. The molecule has 2 amide bonds. The van der Waals surface area contributed by atoms with Gasteiger partial charge in [0.25, 0.3) is 0 Å². The van der Waals surface area contributed by atoms with Crippen molar-refractivity contribution >= 4 is 12.0 Å². The molecule has 0 bridgehead atoms. The molecule has 6 nitrogen and oxygen atoms in total. The molecule has 0 saturated heterocycles. The zero-order chi connectivity index (χ0) is 12.8. The van der Waals surface area contributed by atoms with Crippen molar-refractivity contribution in [1.29, 1.82) is 0 Å². The summed E-state index contributed by atoms with van der Waals surface area (Å²) in [4.78, 5) is 24.1. The van der Waals surface area contributed by atoms with Crippen LogP contribution in [0.1, 0.15) is 19.8 Å². The molecule has 98 valence electrons. The van der Waals surface area contributed by atoms with Crippen LogP contribution in [0.4, 0.5) is 4.79 Å². The molecular formula is C11H20N2O4. The van der Waals surface area contributed by atoms with Crippen LogP contribution >= 0.6 is 0 Å². The first kappa shape index (κ1) is 13.8. The third kappa shape index (κ3) is 4.60. The van der Waals surface area contributed by atoms with Gasteiger partial charge in [0.15, 0.2) is 0 Å². The van der Waals surface area contributed by atoms with Crippen LogP contribution in [-0.4, -0.2) is 54.9 Å². The number of nitrogens with one attached hydrogen (secondary N) is 1. The second-order valence-electron chi connectivity index (χ2n) is 4.34. The molecule has 2 N–H and O–H groups in total. The Morgan fingerprint density at radius 3 is 2.65 bits per heavy atom. The maximum absolute atomic E-state index is 11.6. The third-order valence-corrected chi connectivity index (χ3v) is 2.78. The first-order valence-electron chi connectivity index (χ1n) is 5.85. The number of carbonyl (C=O) groups excluding carboxylic acids is 2. The van der Waals surface area contributed by atoms with E-state index in [1.165, 1.54) is 4.90 Å². The molecular weight excluding hydrogens is 224 g/mol. The second-order valence-corrected chi connectivity index (χ2v) is 4.34. The van der Waals surface area contributed by atoms with Crippen molar-refractivity contribution in [2.75, 3.05) is 26.7 Å². The van der Waals surface area contributed by atoms with Crippen LogP contribution in [0, 0.1) is 5.92 Å². The lowest BCUT2D eigenvalue weighted by Crippen LogP contribution is -2.45. The Morgan fingerprint density at radius 1 is 1.47 bits per heavy atom. The minimum atomic E-state index is -0.437. The Morgan fingerprint density at radius 2 is 2.12 bits per heavy atom. The number of urea groups is 1. The Balaban J connectivity index is 2.16. The first-order valence-corrected chi connectivity index (χ1v) is 5.85. The molecule has 17 heavy (non-hydrogen) atoms. The molecule has 6 heteroatoms. The number of nitrogens with zero attached hydrogens (tertiary/aromatic N) is 1. The lowest BCUT2D eigenvalue weighted by Gasteiger charge is -2.34. The van der Waals surface area contributed by atoms with Crippen molar-refractivity contribution in [1.82, 2.24) is 10.2 Å². The maximum Gasteiger partial charge on any atom is 0.325 e. The Kier molecular flexibility index (Phi) is 5.21. The monoisotopic (exact) mass is 244 g/mol. The van der Waals surface area contributed by atoms with Gasteiger partial charge in [-0.1, -0.05) is 0 Å². The maximum atomic E-state index is 11.6. The summed E-state index contributed by atoms with van der Waals surface area (Å²) in [6.07, 6.45) is 1.28. The van der Waals surface area contributed by atoms with Gasteiger partial charge in [-0.05, 0) is 25.7 Å². The highest BCUT2D eigenvalue weighted by Crippen LogP contribution is 2.27. The summed E-state index contributed by atoms with van der Waals surface area (Å²) in [5.41, 5.74) is 0. The number of amides is 2. The van der Waals surface area contributed by atoms with Crippen molar-refractivity contribution in [3.63, 3.8) is 0 Å². The van der Waals surface area contributed by atoms with Crippen LogP contribution in [0.25, 0.3) is 0 Å². The zero-order valence-electron chi connectivity index (χ0n) is 10.3. The molecule has 0 spiro atoms. The number of ether oxygens (including phenoxy) is 1. The molecule has 0 aromatic heterocycles. The third-order valence-electron chi connectivity index (χ3n) is 2.78. The van der Waals surface area contributed by atoms with Gasteiger partial charge in [-0.2, -0.15) is 0 Å².